The minimum absolute atomic E-state index is 0. The first-order valence-electron chi connectivity index (χ1n) is 11.1. The van der Waals surface area contributed by atoms with Crippen LogP contribution in [0.1, 0.15) is 57.9 Å². The molecule has 1 aliphatic carbocycles. The van der Waals surface area contributed by atoms with Gasteiger partial charge >= 0.3 is 0 Å². The van der Waals surface area contributed by atoms with Crippen molar-refractivity contribution in [3.63, 3.8) is 0 Å². The van der Waals surface area contributed by atoms with Gasteiger partial charge < -0.3 is 20.3 Å². The number of carbonyl (C=O) groups excluding carboxylic acids is 1. The van der Waals surface area contributed by atoms with E-state index in [2.05, 4.69) is 39.9 Å². The van der Waals surface area contributed by atoms with Crippen molar-refractivity contribution in [2.75, 3.05) is 20.1 Å². The molecule has 2 fully saturated rings. The van der Waals surface area contributed by atoms with Crippen molar-refractivity contribution < 1.29 is 9.53 Å². The van der Waals surface area contributed by atoms with Crippen molar-refractivity contribution in [3.8, 4) is 5.75 Å². The molecule has 3 rings (SSSR count). The molecule has 2 aliphatic rings. The Balaban J connectivity index is 0.00000320. The van der Waals surface area contributed by atoms with E-state index in [1.54, 1.807) is 7.05 Å². The molecule has 1 amide bonds. The molecule has 1 saturated heterocycles. The van der Waals surface area contributed by atoms with Gasteiger partial charge in [-0.15, -0.1) is 24.0 Å². The van der Waals surface area contributed by atoms with Crippen molar-refractivity contribution in [1.29, 1.82) is 0 Å². The molecule has 0 aromatic heterocycles. The molecule has 6 nitrogen and oxygen atoms in total. The van der Waals surface area contributed by atoms with Crippen molar-refractivity contribution in [2.45, 2.75) is 71.1 Å². The third kappa shape index (κ3) is 7.32. The Morgan fingerprint density at radius 1 is 1.17 bits per heavy atom. The molecule has 1 unspecified atom stereocenters. The maximum Gasteiger partial charge on any atom is 0.225 e. The van der Waals surface area contributed by atoms with Crippen LogP contribution in [0.2, 0.25) is 0 Å². The van der Waals surface area contributed by atoms with Crippen molar-refractivity contribution in [2.24, 2.45) is 10.9 Å². The highest BCUT2D eigenvalue weighted by Gasteiger charge is 2.27. The lowest BCUT2D eigenvalue weighted by molar-refractivity contribution is -0.133. The Bertz CT molecular complexity index is 687. The van der Waals surface area contributed by atoms with E-state index in [0.29, 0.717) is 12.6 Å². The highest BCUT2D eigenvalue weighted by Crippen LogP contribution is 2.23. The normalized spacial score (nSPS) is 20.1. The van der Waals surface area contributed by atoms with Crippen LogP contribution in [0.25, 0.3) is 0 Å². The number of benzene rings is 1. The van der Waals surface area contributed by atoms with Crippen molar-refractivity contribution in [1.82, 2.24) is 15.5 Å². The summed E-state index contributed by atoms with van der Waals surface area (Å²) < 4.78 is 6.10. The number of guanidine groups is 1. The molecule has 0 spiro atoms. The fourth-order valence-electron chi connectivity index (χ4n) is 4.08. The van der Waals surface area contributed by atoms with Crippen LogP contribution in [-0.2, 0) is 11.3 Å². The Morgan fingerprint density at radius 3 is 2.50 bits per heavy atom. The predicted molar refractivity (Wildman–Crippen MR) is 133 cm³/mol. The molecule has 0 bridgehead atoms. The number of carbonyl (C=O) groups is 1. The number of aliphatic imine (C=N–C) groups is 1. The second-order valence-electron chi connectivity index (χ2n) is 8.52. The SMILES string of the molecule is CN=C(NCc1ccc(OC2CCCCC2)cc1)NC1CCN(C(=O)C(C)C)C1.I. The fraction of sp³-hybridized carbons (Fsp3) is 0.652. The van der Waals surface area contributed by atoms with E-state index in [0.717, 1.165) is 31.2 Å². The number of hydrogen-bond donors (Lipinski definition) is 2. The van der Waals surface area contributed by atoms with Crippen molar-refractivity contribution in [3.05, 3.63) is 29.8 Å². The van der Waals surface area contributed by atoms with E-state index in [4.69, 9.17) is 4.74 Å². The molecule has 168 valence electrons. The van der Waals surface area contributed by atoms with Gasteiger partial charge in [-0.25, -0.2) is 0 Å². The van der Waals surface area contributed by atoms with Crippen LogP contribution in [0.15, 0.2) is 29.3 Å². The number of rotatable bonds is 6. The fourth-order valence-corrected chi connectivity index (χ4v) is 4.08. The van der Waals surface area contributed by atoms with Gasteiger partial charge in [-0.1, -0.05) is 32.4 Å². The van der Waals surface area contributed by atoms with Crippen LogP contribution in [0.5, 0.6) is 5.75 Å². The second-order valence-corrected chi connectivity index (χ2v) is 8.52. The maximum absolute atomic E-state index is 12.2. The van der Waals surface area contributed by atoms with E-state index in [-0.39, 0.29) is 41.8 Å². The summed E-state index contributed by atoms with van der Waals surface area (Å²) in [6, 6.07) is 8.59. The minimum Gasteiger partial charge on any atom is -0.490 e. The summed E-state index contributed by atoms with van der Waals surface area (Å²) in [7, 11) is 1.78. The number of hydrogen-bond acceptors (Lipinski definition) is 3. The van der Waals surface area contributed by atoms with Gasteiger partial charge in [-0.2, -0.15) is 0 Å². The summed E-state index contributed by atoms with van der Waals surface area (Å²) in [6.45, 7) is 6.16. The van der Waals surface area contributed by atoms with Crippen LogP contribution in [0, 0.1) is 5.92 Å². The molecule has 1 aromatic carbocycles. The van der Waals surface area contributed by atoms with E-state index < -0.39 is 0 Å². The molecule has 30 heavy (non-hydrogen) atoms. The van der Waals surface area contributed by atoms with Gasteiger partial charge in [0.25, 0.3) is 0 Å². The van der Waals surface area contributed by atoms with E-state index in [1.165, 1.54) is 37.7 Å². The van der Waals surface area contributed by atoms with Crippen LogP contribution < -0.4 is 15.4 Å². The lowest BCUT2D eigenvalue weighted by Crippen LogP contribution is -2.45. The molecular weight excluding hydrogens is 491 g/mol. The number of halogens is 1. The molecule has 1 atom stereocenters. The number of nitrogens with one attached hydrogen (secondary N) is 2. The zero-order valence-electron chi connectivity index (χ0n) is 18.5. The molecule has 0 radical (unpaired) electrons. The molecule has 2 N–H and O–H groups in total. The summed E-state index contributed by atoms with van der Waals surface area (Å²) in [5, 5.41) is 6.82. The van der Waals surface area contributed by atoms with Gasteiger partial charge in [0.15, 0.2) is 5.96 Å². The van der Waals surface area contributed by atoms with Crippen molar-refractivity contribution >= 4 is 35.8 Å². The topological polar surface area (TPSA) is 66.0 Å². The van der Waals surface area contributed by atoms with Crippen LogP contribution in [0.4, 0.5) is 0 Å². The average Bonchev–Trinajstić information content (AvgIpc) is 3.20. The van der Waals surface area contributed by atoms with Gasteiger partial charge in [-0.05, 0) is 49.8 Å². The first-order chi connectivity index (χ1) is 14.0. The van der Waals surface area contributed by atoms with E-state index >= 15 is 0 Å². The highest BCUT2D eigenvalue weighted by atomic mass is 127. The monoisotopic (exact) mass is 528 g/mol. The molecule has 1 aromatic rings. The van der Waals surface area contributed by atoms with Gasteiger partial charge in [0, 0.05) is 38.6 Å². The first kappa shape index (κ1) is 24.8. The van der Waals surface area contributed by atoms with E-state index in [1.807, 2.05) is 18.7 Å². The molecular formula is C23H37IN4O2. The maximum atomic E-state index is 12.2. The number of nitrogens with zero attached hydrogens (tertiary/aromatic N) is 2. The van der Waals surface area contributed by atoms with Crippen LogP contribution in [0.3, 0.4) is 0 Å². The Hall–Kier alpha value is -1.51. The highest BCUT2D eigenvalue weighted by molar-refractivity contribution is 14.0. The molecule has 1 aliphatic heterocycles. The van der Waals surface area contributed by atoms with Gasteiger partial charge in [0.2, 0.25) is 5.91 Å². The lowest BCUT2D eigenvalue weighted by Gasteiger charge is -2.23. The Morgan fingerprint density at radius 2 is 1.87 bits per heavy atom. The summed E-state index contributed by atoms with van der Waals surface area (Å²) in [6.07, 6.45) is 7.58. The predicted octanol–water partition coefficient (Wildman–Crippen LogP) is 3.94. The van der Waals surface area contributed by atoms with Gasteiger partial charge in [0.05, 0.1) is 6.10 Å². The quantitative estimate of drug-likeness (QED) is 0.334. The number of amides is 1. The molecule has 1 heterocycles. The number of likely N-dealkylation sites (tertiary alicyclic amines) is 1. The summed E-state index contributed by atoms with van der Waals surface area (Å²) >= 11 is 0. The zero-order chi connectivity index (χ0) is 20.6. The zero-order valence-corrected chi connectivity index (χ0v) is 20.9. The van der Waals surface area contributed by atoms with Crippen LogP contribution in [-0.4, -0.2) is 49.0 Å². The third-order valence-electron chi connectivity index (χ3n) is 5.80. The third-order valence-corrected chi connectivity index (χ3v) is 5.80. The van der Waals surface area contributed by atoms with Gasteiger partial charge in [-0.3, -0.25) is 9.79 Å². The Kier molecular flexibility index (Phi) is 10.2. The summed E-state index contributed by atoms with van der Waals surface area (Å²) in [4.78, 5) is 18.4. The standard InChI is InChI=1S/C23H36N4O2.HI/c1-17(2)22(28)27-14-13-19(16-27)26-23(24-3)25-15-18-9-11-21(12-10-18)29-20-7-5-4-6-8-20;/h9-12,17,19-20H,4-8,13-16H2,1-3H3,(H2,24,25,26);1H. The van der Waals surface area contributed by atoms with Crippen LogP contribution >= 0.6 is 24.0 Å². The summed E-state index contributed by atoms with van der Waals surface area (Å²) in [5.41, 5.74) is 1.19. The second kappa shape index (κ2) is 12.4. The first-order valence-corrected chi connectivity index (χ1v) is 11.1. The molecule has 1 saturated carbocycles. The Labute approximate surface area is 198 Å². The lowest BCUT2D eigenvalue weighted by atomic mass is 9.98. The minimum atomic E-state index is 0. The number of ether oxygens (including phenoxy) is 1. The largest absolute Gasteiger partial charge is 0.490 e. The summed E-state index contributed by atoms with van der Waals surface area (Å²) in [5.74, 6) is 2.02. The average molecular weight is 528 g/mol. The smallest absolute Gasteiger partial charge is 0.225 e. The molecule has 7 heteroatoms. The van der Waals surface area contributed by atoms with E-state index in [9.17, 15) is 4.79 Å². The van der Waals surface area contributed by atoms with Gasteiger partial charge in [0.1, 0.15) is 5.75 Å².